The van der Waals surface area contributed by atoms with Crippen molar-refractivity contribution in [3.63, 3.8) is 0 Å². The minimum atomic E-state index is -0.433. The first-order valence-corrected chi connectivity index (χ1v) is 5.66. The number of ether oxygens (including phenoxy) is 2. The molecule has 4 heteroatoms. The van der Waals surface area contributed by atoms with Crippen LogP contribution in [0.1, 0.15) is 35.6 Å². The number of carbonyl (C=O) groups is 1. The van der Waals surface area contributed by atoms with Gasteiger partial charge in [0.05, 0.1) is 13.2 Å². The van der Waals surface area contributed by atoms with Gasteiger partial charge >= 0.3 is 0 Å². The summed E-state index contributed by atoms with van der Waals surface area (Å²) in [7, 11) is 0. The Morgan fingerprint density at radius 1 is 1.44 bits per heavy atom. The highest BCUT2D eigenvalue weighted by molar-refractivity contribution is 6.31. The Kier molecular flexibility index (Phi) is 3.59. The Morgan fingerprint density at radius 2 is 2.12 bits per heavy atom. The summed E-state index contributed by atoms with van der Waals surface area (Å²) in [5.41, 5.74) is 1.39. The first-order chi connectivity index (χ1) is 7.72. The summed E-state index contributed by atoms with van der Waals surface area (Å²) in [6, 6.07) is 5.20. The smallest absolute Gasteiger partial charge is 0.185 e. The number of halogens is 1. The molecule has 0 aliphatic carbocycles. The molecule has 0 bridgehead atoms. The fourth-order valence-electron chi connectivity index (χ4n) is 1.64. The van der Waals surface area contributed by atoms with E-state index in [-0.39, 0.29) is 5.78 Å². The van der Waals surface area contributed by atoms with E-state index in [0.29, 0.717) is 30.2 Å². The highest BCUT2D eigenvalue weighted by atomic mass is 35.5. The van der Waals surface area contributed by atoms with E-state index in [1.165, 1.54) is 0 Å². The molecule has 0 spiro atoms. The maximum atomic E-state index is 11.6. The molecule has 3 nitrogen and oxygen atoms in total. The third-order valence-corrected chi connectivity index (χ3v) is 2.86. The van der Waals surface area contributed by atoms with Crippen LogP contribution < -0.4 is 0 Å². The minimum absolute atomic E-state index is 0.0934. The molecular formula is C12H13ClO3. The number of rotatable bonds is 3. The van der Waals surface area contributed by atoms with E-state index in [1.807, 2.05) is 6.92 Å². The third-order valence-electron chi connectivity index (χ3n) is 2.51. The highest BCUT2D eigenvalue weighted by Gasteiger charge is 2.21. The van der Waals surface area contributed by atoms with Crippen molar-refractivity contribution in [3.8, 4) is 0 Å². The third kappa shape index (κ3) is 2.26. The van der Waals surface area contributed by atoms with E-state index in [2.05, 4.69) is 0 Å². The Morgan fingerprint density at radius 3 is 2.75 bits per heavy atom. The van der Waals surface area contributed by atoms with Crippen LogP contribution in [0.3, 0.4) is 0 Å². The van der Waals surface area contributed by atoms with Gasteiger partial charge in [0.15, 0.2) is 12.1 Å². The molecule has 1 heterocycles. The monoisotopic (exact) mass is 240 g/mol. The van der Waals surface area contributed by atoms with Crippen LogP contribution in [0.4, 0.5) is 0 Å². The van der Waals surface area contributed by atoms with E-state index >= 15 is 0 Å². The number of hydrogen-bond acceptors (Lipinski definition) is 3. The Hall–Kier alpha value is -0.900. The van der Waals surface area contributed by atoms with Gasteiger partial charge in [-0.05, 0) is 18.2 Å². The van der Waals surface area contributed by atoms with Gasteiger partial charge in [0.2, 0.25) is 0 Å². The summed E-state index contributed by atoms with van der Waals surface area (Å²) in [6.07, 6.45) is 0.0464. The topological polar surface area (TPSA) is 35.5 Å². The van der Waals surface area contributed by atoms with Crippen LogP contribution in [0.15, 0.2) is 18.2 Å². The van der Waals surface area contributed by atoms with Crippen molar-refractivity contribution in [1.82, 2.24) is 0 Å². The van der Waals surface area contributed by atoms with E-state index in [4.69, 9.17) is 21.1 Å². The SMILES string of the molecule is CCC(=O)c1ccc(Cl)c(C2OCCO2)c1. The molecule has 16 heavy (non-hydrogen) atoms. The van der Waals surface area contributed by atoms with Crippen LogP contribution in [0.5, 0.6) is 0 Å². The van der Waals surface area contributed by atoms with Crippen LogP contribution in [0, 0.1) is 0 Å². The van der Waals surface area contributed by atoms with Crippen molar-refractivity contribution in [3.05, 3.63) is 34.3 Å². The highest BCUT2D eigenvalue weighted by Crippen LogP contribution is 2.30. The van der Waals surface area contributed by atoms with E-state index < -0.39 is 6.29 Å². The fraction of sp³-hybridized carbons (Fsp3) is 0.417. The quantitative estimate of drug-likeness (QED) is 0.762. The lowest BCUT2D eigenvalue weighted by molar-refractivity contribution is -0.0440. The number of benzene rings is 1. The van der Waals surface area contributed by atoms with Crippen LogP contribution in [0.25, 0.3) is 0 Å². The molecule has 1 aliphatic heterocycles. The molecule has 0 amide bonds. The zero-order chi connectivity index (χ0) is 11.5. The molecule has 0 saturated carbocycles. The van der Waals surface area contributed by atoms with Gasteiger partial charge in [-0.2, -0.15) is 0 Å². The van der Waals surface area contributed by atoms with E-state index in [0.717, 1.165) is 5.56 Å². The number of carbonyl (C=O) groups excluding carboxylic acids is 1. The van der Waals surface area contributed by atoms with Gasteiger partial charge in [0.1, 0.15) is 0 Å². The van der Waals surface area contributed by atoms with Crippen LogP contribution in [-0.4, -0.2) is 19.0 Å². The largest absolute Gasteiger partial charge is 0.346 e. The normalized spacial score (nSPS) is 16.6. The standard InChI is InChI=1S/C12H13ClO3/c1-2-11(14)8-3-4-10(13)9(7-8)12-15-5-6-16-12/h3-4,7,12H,2,5-6H2,1H3. The Balaban J connectivity index is 2.32. The van der Waals surface area contributed by atoms with Crippen molar-refractivity contribution in [2.75, 3.05) is 13.2 Å². The van der Waals surface area contributed by atoms with Crippen molar-refractivity contribution in [2.24, 2.45) is 0 Å². The van der Waals surface area contributed by atoms with Gasteiger partial charge in [0, 0.05) is 22.6 Å². The molecule has 86 valence electrons. The molecule has 1 aromatic rings. The molecule has 1 fully saturated rings. The lowest BCUT2D eigenvalue weighted by Crippen LogP contribution is -2.03. The summed E-state index contributed by atoms with van der Waals surface area (Å²) < 4.78 is 10.7. The predicted molar refractivity (Wildman–Crippen MR) is 60.7 cm³/mol. The second-order valence-electron chi connectivity index (χ2n) is 3.59. The van der Waals surface area contributed by atoms with Crippen molar-refractivity contribution in [2.45, 2.75) is 19.6 Å². The Bertz CT molecular complexity index is 397. The molecule has 0 aromatic heterocycles. The van der Waals surface area contributed by atoms with Crippen LogP contribution in [-0.2, 0) is 9.47 Å². The first-order valence-electron chi connectivity index (χ1n) is 5.28. The van der Waals surface area contributed by atoms with E-state index in [1.54, 1.807) is 18.2 Å². The second kappa shape index (κ2) is 4.95. The second-order valence-corrected chi connectivity index (χ2v) is 3.99. The van der Waals surface area contributed by atoms with Gasteiger partial charge < -0.3 is 9.47 Å². The predicted octanol–water partition coefficient (Wildman–Crippen LogP) is 2.98. The van der Waals surface area contributed by atoms with Crippen molar-refractivity contribution in [1.29, 1.82) is 0 Å². The number of Topliss-reactive ketones (excluding diaryl/α,β-unsaturated/α-hetero) is 1. The lowest BCUT2D eigenvalue weighted by Gasteiger charge is -2.12. The number of ketones is 1. The van der Waals surface area contributed by atoms with Crippen LogP contribution >= 0.6 is 11.6 Å². The van der Waals surface area contributed by atoms with Gasteiger partial charge in [-0.15, -0.1) is 0 Å². The van der Waals surface area contributed by atoms with Crippen molar-refractivity contribution < 1.29 is 14.3 Å². The fourth-order valence-corrected chi connectivity index (χ4v) is 1.85. The zero-order valence-electron chi connectivity index (χ0n) is 9.03. The van der Waals surface area contributed by atoms with Gasteiger partial charge in [0.25, 0.3) is 0 Å². The molecule has 0 unspecified atom stereocenters. The molecular weight excluding hydrogens is 228 g/mol. The Labute approximate surface area is 99.3 Å². The number of hydrogen-bond donors (Lipinski definition) is 0. The summed E-state index contributed by atoms with van der Waals surface area (Å²) >= 11 is 6.05. The van der Waals surface area contributed by atoms with Crippen LogP contribution in [0.2, 0.25) is 5.02 Å². The lowest BCUT2D eigenvalue weighted by atomic mass is 10.1. The summed E-state index contributed by atoms with van der Waals surface area (Å²) in [6.45, 7) is 2.96. The first kappa shape index (κ1) is 11.6. The average Bonchev–Trinajstić information content (AvgIpc) is 2.82. The molecule has 2 rings (SSSR count). The molecule has 1 saturated heterocycles. The maximum absolute atomic E-state index is 11.6. The summed E-state index contributed by atoms with van der Waals surface area (Å²) in [5.74, 6) is 0.0934. The molecule has 1 aromatic carbocycles. The summed E-state index contributed by atoms with van der Waals surface area (Å²) in [5, 5.41) is 0.569. The molecule has 1 aliphatic rings. The maximum Gasteiger partial charge on any atom is 0.185 e. The summed E-state index contributed by atoms with van der Waals surface area (Å²) in [4.78, 5) is 11.6. The van der Waals surface area contributed by atoms with E-state index in [9.17, 15) is 4.79 Å². The van der Waals surface area contributed by atoms with Gasteiger partial charge in [-0.25, -0.2) is 0 Å². The van der Waals surface area contributed by atoms with Gasteiger partial charge in [-0.1, -0.05) is 18.5 Å². The van der Waals surface area contributed by atoms with Gasteiger partial charge in [-0.3, -0.25) is 4.79 Å². The zero-order valence-corrected chi connectivity index (χ0v) is 9.79. The molecule has 0 N–H and O–H groups in total. The molecule has 0 radical (unpaired) electrons. The molecule has 0 atom stereocenters. The van der Waals surface area contributed by atoms with Crippen molar-refractivity contribution >= 4 is 17.4 Å². The average molecular weight is 241 g/mol. The minimum Gasteiger partial charge on any atom is -0.346 e.